The number of aliphatic carboxylic acids is 2. The van der Waals surface area contributed by atoms with E-state index in [1.54, 1.807) is 12.3 Å². The van der Waals surface area contributed by atoms with Gasteiger partial charge in [-0.2, -0.15) is 0 Å². The summed E-state index contributed by atoms with van der Waals surface area (Å²) in [5.41, 5.74) is 6.93. The average Bonchev–Trinajstić information content (AvgIpc) is 3.07. The van der Waals surface area contributed by atoms with Crippen LogP contribution in [-0.4, -0.2) is 68.3 Å². The van der Waals surface area contributed by atoms with Crippen molar-refractivity contribution in [2.24, 2.45) is 5.73 Å². The lowest BCUT2D eigenvalue weighted by molar-refractivity contribution is -0.143. The Labute approximate surface area is 171 Å². The zero-order chi connectivity index (χ0) is 22.4. The first kappa shape index (κ1) is 22.8. The van der Waals surface area contributed by atoms with Crippen molar-refractivity contribution >= 4 is 34.7 Å². The molecule has 0 aliphatic carbocycles. The second-order valence-electron chi connectivity index (χ2n) is 6.89. The van der Waals surface area contributed by atoms with Crippen LogP contribution in [0.2, 0.25) is 0 Å². The Bertz CT molecular complexity index is 940. The van der Waals surface area contributed by atoms with Gasteiger partial charge in [-0.3, -0.25) is 14.4 Å². The predicted molar refractivity (Wildman–Crippen MR) is 105 cm³/mol. The molecule has 0 spiro atoms. The van der Waals surface area contributed by atoms with Crippen LogP contribution in [0.3, 0.4) is 0 Å². The molecule has 2 aromatic rings. The summed E-state index contributed by atoms with van der Waals surface area (Å²) in [6.45, 7) is 1.22. The van der Waals surface area contributed by atoms with Crippen molar-refractivity contribution in [3.05, 3.63) is 36.0 Å². The van der Waals surface area contributed by atoms with Gasteiger partial charge in [0.15, 0.2) is 0 Å². The number of nitrogens with two attached hydrogens (primary N) is 1. The van der Waals surface area contributed by atoms with Gasteiger partial charge in [-0.15, -0.1) is 0 Å². The summed E-state index contributed by atoms with van der Waals surface area (Å²) in [6.07, 6.45) is -0.443. The summed E-state index contributed by atoms with van der Waals surface area (Å²) in [4.78, 5) is 49.9. The van der Waals surface area contributed by atoms with Crippen LogP contribution in [0.15, 0.2) is 30.5 Å². The number of aromatic nitrogens is 1. The van der Waals surface area contributed by atoms with Gasteiger partial charge in [0.25, 0.3) is 0 Å². The maximum atomic E-state index is 12.6. The third-order valence-corrected chi connectivity index (χ3v) is 4.51. The number of rotatable bonds is 10. The van der Waals surface area contributed by atoms with Crippen LogP contribution in [0.25, 0.3) is 10.9 Å². The minimum Gasteiger partial charge on any atom is -0.481 e. The molecule has 8 N–H and O–H groups in total. The molecule has 4 atom stereocenters. The quantitative estimate of drug-likeness (QED) is 0.253. The number of hydrogen-bond acceptors (Lipinski definition) is 6. The van der Waals surface area contributed by atoms with Crippen molar-refractivity contribution in [1.29, 1.82) is 0 Å². The summed E-state index contributed by atoms with van der Waals surface area (Å²) in [6, 6.07) is 2.98. The van der Waals surface area contributed by atoms with Crippen LogP contribution in [0.4, 0.5) is 0 Å². The Morgan fingerprint density at radius 2 is 1.77 bits per heavy atom. The Morgan fingerprint density at radius 1 is 1.10 bits per heavy atom. The minimum atomic E-state index is -1.51. The second kappa shape index (κ2) is 9.85. The summed E-state index contributed by atoms with van der Waals surface area (Å²) in [7, 11) is 0. The number of nitrogens with one attached hydrogen (secondary N) is 3. The molecule has 0 bridgehead atoms. The fourth-order valence-corrected chi connectivity index (χ4v) is 2.93. The summed E-state index contributed by atoms with van der Waals surface area (Å²) in [5.74, 6) is -4.50. The van der Waals surface area contributed by atoms with Crippen LogP contribution in [0.1, 0.15) is 18.9 Å². The monoisotopic (exact) mass is 420 g/mol. The SMILES string of the molecule is C[C@@H](O)[C@H](NC(=O)[C@@H](N)CC(=O)O)C(=O)N[C@@H](Cc1c[nH]c2ccccc12)C(=O)O. The van der Waals surface area contributed by atoms with Gasteiger partial charge in [0.1, 0.15) is 12.1 Å². The number of aromatic amines is 1. The summed E-state index contributed by atoms with van der Waals surface area (Å²) < 4.78 is 0. The Hall–Kier alpha value is -3.44. The van der Waals surface area contributed by atoms with E-state index >= 15 is 0 Å². The average molecular weight is 420 g/mol. The van der Waals surface area contributed by atoms with E-state index in [0.29, 0.717) is 5.56 Å². The molecule has 0 fully saturated rings. The molecule has 2 amide bonds. The molecule has 0 aliphatic heterocycles. The van der Waals surface area contributed by atoms with E-state index in [1.807, 2.05) is 18.2 Å². The number of para-hydroxylation sites is 1. The van der Waals surface area contributed by atoms with E-state index in [2.05, 4.69) is 15.6 Å². The third-order valence-electron chi connectivity index (χ3n) is 4.51. The number of carboxylic acid groups (broad SMARTS) is 2. The van der Waals surface area contributed by atoms with Gasteiger partial charge in [-0.05, 0) is 18.6 Å². The van der Waals surface area contributed by atoms with Crippen LogP contribution in [0, 0.1) is 0 Å². The molecular weight excluding hydrogens is 396 g/mol. The predicted octanol–water partition coefficient (Wildman–Crippen LogP) is -1.05. The maximum absolute atomic E-state index is 12.6. The molecule has 11 heteroatoms. The lowest BCUT2D eigenvalue weighted by Gasteiger charge is -2.24. The lowest BCUT2D eigenvalue weighted by Crippen LogP contribution is -2.58. The van der Waals surface area contributed by atoms with Gasteiger partial charge in [0.2, 0.25) is 11.8 Å². The van der Waals surface area contributed by atoms with E-state index in [-0.39, 0.29) is 6.42 Å². The van der Waals surface area contributed by atoms with Crippen molar-refractivity contribution in [2.75, 3.05) is 0 Å². The molecule has 162 valence electrons. The van der Waals surface area contributed by atoms with E-state index in [4.69, 9.17) is 10.8 Å². The van der Waals surface area contributed by atoms with Gasteiger partial charge in [0.05, 0.1) is 18.6 Å². The number of benzene rings is 1. The van der Waals surface area contributed by atoms with Crippen LogP contribution >= 0.6 is 0 Å². The van der Waals surface area contributed by atoms with E-state index < -0.39 is 54.4 Å². The molecule has 30 heavy (non-hydrogen) atoms. The van der Waals surface area contributed by atoms with Crippen molar-refractivity contribution in [3.63, 3.8) is 0 Å². The number of carboxylic acids is 2. The molecule has 11 nitrogen and oxygen atoms in total. The maximum Gasteiger partial charge on any atom is 0.326 e. The number of carbonyl (C=O) groups excluding carboxylic acids is 2. The fourth-order valence-electron chi connectivity index (χ4n) is 2.93. The molecule has 2 rings (SSSR count). The Kier molecular flexibility index (Phi) is 7.50. The lowest BCUT2D eigenvalue weighted by atomic mass is 10.0. The van der Waals surface area contributed by atoms with Crippen LogP contribution in [-0.2, 0) is 25.6 Å². The number of aliphatic hydroxyl groups is 1. The first-order chi connectivity index (χ1) is 14.1. The van der Waals surface area contributed by atoms with Crippen LogP contribution in [0.5, 0.6) is 0 Å². The summed E-state index contributed by atoms with van der Waals surface area (Å²) >= 11 is 0. The molecule has 0 saturated carbocycles. The number of hydrogen-bond donors (Lipinski definition) is 7. The van der Waals surface area contributed by atoms with Gasteiger partial charge >= 0.3 is 11.9 Å². The topological polar surface area (TPSA) is 195 Å². The molecule has 0 unspecified atom stereocenters. The van der Waals surface area contributed by atoms with Gasteiger partial charge in [0, 0.05) is 23.5 Å². The highest BCUT2D eigenvalue weighted by Gasteiger charge is 2.31. The number of H-pyrrole nitrogens is 1. The van der Waals surface area contributed by atoms with Crippen molar-refractivity contribution in [1.82, 2.24) is 15.6 Å². The minimum absolute atomic E-state index is 0.0376. The molecule has 1 heterocycles. The molecule has 0 saturated heterocycles. The fraction of sp³-hybridized carbons (Fsp3) is 0.368. The van der Waals surface area contributed by atoms with E-state index in [0.717, 1.165) is 10.9 Å². The van der Waals surface area contributed by atoms with Crippen molar-refractivity contribution in [3.8, 4) is 0 Å². The number of amides is 2. The highest BCUT2D eigenvalue weighted by atomic mass is 16.4. The summed E-state index contributed by atoms with van der Waals surface area (Å²) in [5, 5.41) is 33.4. The third kappa shape index (κ3) is 5.78. The molecule has 1 aromatic heterocycles. The molecule has 0 aliphatic rings. The smallest absolute Gasteiger partial charge is 0.326 e. The van der Waals surface area contributed by atoms with Gasteiger partial charge < -0.3 is 36.7 Å². The Balaban J connectivity index is 2.12. The van der Waals surface area contributed by atoms with E-state index in [1.165, 1.54) is 6.92 Å². The Morgan fingerprint density at radius 3 is 2.37 bits per heavy atom. The highest BCUT2D eigenvalue weighted by Crippen LogP contribution is 2.19. The number of carbonyl (C=O) groups is 4. The zero-order valence-electron chi connectivity index (χ0n) is 16.2. The van der Waals surface area contributed by atoms with Gasteiger partial charge in [-0.25, -0.2) is 4.79 Å². The van der Waals surface area contributed by atoms with Crippen molar-refractivity contribution in [2.45, 2.75) is 44.0 Å². The van der Waals surface area contributed by atoms with E-state index in [9.17, 15) is 29.4 Å². The molecule has 0 radical (unpaired) electrons. The highest BCUT2D eigenvalue weighted by molar-refractivity contribution is 5.93. The van der Waals surface area contributed by atoms with Crippen LogP contribution < -0.4 is 16.4 Å². The first-order valence-electron chi connectivity index (χ1n) is 9.14. The second-order valence-corrected chi connectivity index (χ2v) is 6.89. The van der Waals surface area contributed by atoms with Gasteiger partial charge in [-0.1, -0.05) is 18.2 Å². The largest absolute Gasteiger partial charge is 0.481 e. The molecular formula is C19H24N4O7. The first-order valence-corrected chi connectivity index (χ1v) is 9.14. The number of fused-ring (bicyclic) bond motifs is 1. The normalized spacial score (nSPS) is 15.0. The standard InChI is InChI=1S/C19H24N4O7/c1-9(24)16(23-17(27)12(20)7-15(25)26)18(28)22-14(19(29)30)6-10-8-21-13-5-3-2-4-11(10)13/h2-5,8-9,12,14,16,21,24H,6-7,20H2,1H3,(H,22,28)(H,23,27)(H,25,26)(H,29,30)/t9-,12+,14+,16+/m1/s1. The molecule has 1 aromatic carbocycles. The number of aliphatic hydroxyl groups excluding tert-OH is 1. The zero-order valence-corrected chi connectivity index (χ0v) is 16.2. The van der Waals surface area contributed by atoms with Crippen molar-refractivity contribution < 1.29 is 34.5 Å².